The molecule has 1 aromatic heterocycles. The summed E-state index contributed by atoms with van der Waals surface area (Å²) in [5, 5.41) is 5.84. The highest BCUT2D eigenvalue weighted by Gasteiger charge is 2.13. The number of aryl methyl sites for hydroxylation is 1. The second kappa shape index (κ2) is 11.0. The maximum Gasteiger partial charge on any atom is 0.255 e. The second-order valence-electron chi connectivity index (χ2n) is 7.82. The first-order valence-corrected chi connectivity index (χ1v) is 11.1. The van der Waals surface area contributed by atoms with Gasteiger partial charge in [0.15, 0.2) is 11.0 Å². The fourth-order valence-electron chi connectivity index (χ4n) is 3.63. The van der Waals surface area contributed by atoms with E-state index in [0.717, 1.165) is 19.3 Å². The summed E-state index contributed by atoms with van der Waals surface area (Å²) >= 11 is 0. The molecular weight excluding hydrogens is 432 g/mol. The number of para-hydroxylation sites is 1. The Balaban J connectivity index is 1.35. The van der Waals surface area contributed by atoms with Crippen molar-refractivity contribution in [2.75, 3.05) is 11.9 Å². The molecule has 0 bridgehead atoms. The first-order valence-electron chi connectivity index (χ1n) is 11.1. The van der Waals surface area contributed by atoms with Crippen LogP contribution in [-0.2, 0) is 13.0 Å². The SMILES string of the molecule is O=NCc1cc(=O)c2cccc(NC(=O)c3ccc(OCCCCc4ccccc4)cc3)c2o1. The molecule has 1 amide bonds. The highest BCUT2D eigenvalue weighted by molar-refractivity contribution is 6.07. The number of anilines is 1. The van der Waals surface area contributed by atoms with Crippen LogP contribution < -0.4 is 15.5 Å². The fraction of sp³-hybridized carbons (Fsp3) is 0.185. The lowest BCUT2D eigenvalue weighted by Gasteiger charge is -2.10. The van der Waals surface area contributed by atoms with Crippen LogP contribution in [0.4, 0.5) is 5.69 Å². The first-order chi connectivity index (χ1) is 16.6. The number of unbranched alkanes of at least 4 members (excludes halogenated alkanes) is 1. The Morgan fingerprint density at radius 1 is 0.941 bits per heavy atom. The van der Waals surface area contributed by atoms with Crippen molar-refractivity contribution in [3.05, 3.63) is 111 Å². The Labute approximate surface area is 196 Å². The molecule has 172 valence electrons. The molecule has 4 aromatic rings. The van der Waals surface area contributed by atoms with Gasteiger partial charge in [-0.05, 0) is 61.2 Å². The predicted octanol–water partition coefficient (Wildman–Crippen LogP) is 5.71. The Bertz CT molecular complexity index is 1330. The van der Waals surface area contributed by atoms with Gasteiger partial charge in [0.1, 0.15) is 18.1 Å². The predicted molar refractivity (Wildman–Crippen MR) is 131 cm³/mol. The molecule has 0 radical (unpaired) electrons. The van der Waals surface area contributed by atoms with E-state index in [4.69, 9.17) is 9.15 Å². The molecule has 0 atom stereocenters. The van der Waals surface area contributed by atoms with Crippen molar-refractivity contribution in [2.45, 2.75) is 25.8 Å². The minimum absolute atomic E-state index is 0.138. The Hall–Kier alpha value is -4.26. The van der Waals surface area contributed by atoms with E-state index < -0.39 is 0 Å². The number of carbonyl (C=O) groups is 1. The molecule has 4 rings (SSSR count). The molecule has 34 heavy (non-hydrogen) atoms. The van der Waals surface area contributed by atoms with E-state index in [2.05, 4.69) is 22.6 Å². The number of hydrogen-bond donors (Lipinski definition) is 1. The molecule has 0 spiro atoms. The molecule has 0 aliphatic heterocycles. The van der Waals surface area contributed by atoms with Crippen LogP contribution >= 0.6 is 0 Å². The maximum absolute atomic E-state index is 12.8. The van der Waals surface area contributed by atoms with Gasteiger partial charge in [0.2, 0.25) is 0 Å². The van der Waals surface area contributed by atoms with Gasteiger partial charge >= 0.3 is 0 Å². The van der Waals surface area contributed by atoms with Gasteiger partial charge in [0.05, 0.1) is 17.7 Å². The smallest absolute Gasteiger partial charge is 0.255 e. The number of ether oxygens (including phenoxy) is 1. The minimum atomic E-state index is -0.358. The molecule has 0 aliphatic rings. The van der Waals surface area contributed by atoms with Crippen molar-refractivity contribution in [1.29, 1.82) is 0 Å². The van der Waals surface area contributed by atoms with Crippen molar-refractivity contribution in [1.82, 2.24) is 0 Å². The minimum Gasteiger partial charge on any atom is -0.494 e. The maximum atomic E-state index is 12.8. The van der Waals surface area contributed by atoms with Crippen LogP contribution in [0.3, 0.4) is 0 Å². The lowest BCUT2D eigenvalue weighted by molar-refractivity contribution is 0.102. The third kappa shape index (κ3) is 5.75. The molecular formula is C27H24N2O5. The van der Waals surface area contributed by atoms with Crippen LogP contribution in [0.2, 0.25) is 0 Å². The first kappa shape index (κ1) is 22.9. The monoisotopic (exact) mass is 456 g/mol. The van der Waals surface area contributed by atoms with Crippen molar-refractivity contribution < 1.29 is 13.9 Å². The number of benzene rings is 3. The van der Waals surface area contributed by atoms with Gasteiger partial charge in [-0.2, -0.15) is 4.91 Å². The summed E-state index contributed by atoms with van der Waals surface area (Å²) in [6.07, 6.45) is 2.99. The third-order valence-electron chi connectivity index (χ3n) is 5.36. The number of hydrogen-bond acceptors (Lipinski definition) is 6. The standard InChI is InChI=1S/C27H24N2O5/c30-25-17-22(18-28-32)34-26-23(25)10-6-11-24(26)29-27(31)20-12-14-21(15-13-20)33-16-5-4-9-19-7-2-1-3-8-19/h1-3,6-8,10-15,17H,4-5,9,16,18H2,(H,29,31). The van der Waals surface area contributed by atoms with Gasteiger partial charge in [-0.25, -0.2) is 0 Å². The molecule has 1 heterocycles. The summed E-state index contributed by atoms with van der Waals surface area (Å²) in [6.45, 7) is 0.340. The normalized spacial score (nSPS) is 10.7. The zero-order valence-electron chi connectivity index (χ0n) is 18.5. The Morgan fingerprint density at radius 2 is 1.74 bits per heavy atom. The number of nitrogens with one attached hydrogen (secondary N) is 1. The van der Waals surface area contributed by atoms with Crippen molar-refractivity contribution in [3.8, 4) is 5.75 Å². The average Bonchev–Trinajstić information content (AvgIpc) is 2.85. The van der Waals surface area contributed by atoms with Crippen LogP contribution in [-0.4, -0.2) is 12.5 Å². The van der Waals surface area contributed by atoms with Gasteiger partial charge in [-0.1, -0.05) is 41.6 Å². The molecule has 0 saturated heterocycles. The molecule has 0 saturated carbocycles. The Morgan fingerprint density at radius 3 is 2.50 bits per heavy atom. The lowest BCUT2D eigenvalue weighted by Crippen LogP contribution is -2.13. The quantitative estimate of drug-likeness (QED) is 0.243. The molecule has 7 heteroatoms. The van der Waals surface area contributed by atoms with E-state index >= 15 is 0 Å². The molecule has 7 nitrogen and oxygen atoms in total. The zero-order valence-corrected chi connectivity index (χ0v) is 18.5. The van der Waals surface area contributed by atoms with Crippen LogP contribution in [0.15, 0.2) is 93.3 Å². The molecule has 0 aliphatic carbocycles. The van der Waals surface area contributed by atoms with Gasteiger partial charge in [-0.3, -0.25) is 9.59 Å². The lowest BCUT2D eigenvalue weighted by atomic mass is 10.1. The topological polar surface area (TPSA) is 98.0 Å². The van der Waals surface area contributed by atoms with Crippen LogP contribution in [0, 0.1) is 4.91 Å². The van der Waals surface area contributed by atoms with Gasteiger partial charge in [-0.15, -0.1) is 0 Å². The van der Waals surface area contributed by atoms with E-state index in [0.29, 0.717) is 29.0 Å². The summed E-state index contributed by atoms with van der Waals surface area (Å²) in [6, 6.07) is 23.3. The average molecular weight is 456 g/mol. The number of amides is 1. The largest absolute Gasteiger partial charge is 0.494 e. The van der Waals surface area contributed by atoms with E-state index in [9.17, 15) is 14.5 Å². The fourth-order valence-corrected chi connectivity index (χ4v) is 3.63. The zero-order chi connectivity index (χ0) is 23.8. The highest BCUT2D eigenvalue weighted by atomic mass is 16.5. The molecule has 0 fully saturated rings. The van der Waals surface area contributed by atoms with E-state index in [-0.39, 0.29) is 29.2 Å². The van der Waals surface area contributed by atoms with E-state index in [1.54, 1.807) is 42.5 Å². The van der Waals surface area contributed by atoms with Gasteiger partial charge < -0.3 is 14.5 Å². The number of fused-ring (bicyclic) bond motifs is 1. The molecule has 1 N–H and O–H groups in total. The Kier molecular flexibility index (Phi) is 7.45. The summed E-state index contributed by atoms with van der Waals surface area (Å²) < 4.78 is 11.4. The van der Waals surface area contributed by atoms with E-state index in [1.165, 1.54) is 11.6 Å². The summed E-state index contributed by atoms with van der Waals surface area (Å²) in [5.41, 5.74) is 1.99. The van der Waals surface area contributed by atoms with Crippen LogP contribution in [0.25, 0.3) is 11.0 Å². The number of nitrogens with zero attached hydrogens (tertiary/aromatic N) is 1. The summed E-state index contributed by atoms with van der Waals surface area (Å²) in [4.78, 5) is 35.6. The third-order valence-corrected chi connectivity index (χ3v) is 5.36. The summed E-state index contributed by atoms with van der Waals surface area (Å²) in [5.74, 6) is 0.473. The summed E-state index contributed by atoms with van der Waals surface area (Å²) in [7, 11) is 0. The number of rotatable bonds is 10. The highest BCUT2D eigenvalue weighted by Crippen LogP contribution is 2.24. The van der Waals surface area contributed by atoms with Crippen LogP contribution in [0.5, 0.6) is 5.75 Å². The molecule has 3 aromatic carbocycles. The molecule has 0 unspecified atom stereocenters. The van der Waals surface area contributed by atoms with E-state index in [1.807, 2.05) is 18.2 Å². The number of nitroso groups, excluding NO2 is 1. The van der Waals surface area contributed by atoms with Crippen LogP contribution in [0.1, 0.15) is 34.5 Å². The van der Waals surface area contributed by atoms with Crippen molar-refractivity contribution >= 4 is 22.6 Å². The number of carbonyl (C=O) groups excluding carboxylic acids is 1. The van der Waals surface area contributed by atoms with Crippen molar-refractivity contribution in [2.24, 2.45) is 5.18 Å². The van der Waals surface area contributed by atoms with Gasteiger partial charge in [0.25, 0.3) is 5.91 Å². The van der Waals surface area contributed by atoms with Crippen molar-refractivity contribution in [3.63, 3.8) is 0 Å². The van der Waals surface area contributed by atoms with Gasteiger partial charge in [0, 0.05) is 11.6 Å². The second-order valence-corrected chi connectivity index (χ2v) is 7.82.